The largest absolute Gasteiger partial charge is 0.506 e. The number of aromatic hydroxyl groups is 1. The number of aliphatic imine (C=N–C) groups is 1. The van der Waals surface area contributed by atoms with Crippen LogP contribution in [0.2, 0.25) is 0 Å². The molecule has 1 aromatic heterocycles. The van der Waals surface area contributed by atoms with Crippen LogP contribution in [0.15, 0.2) is 149 Å². The molecule has 6 aromatic rings. The Morgan fingerprint density at radius 2 is 1.58 bits per heavy atom. The predicted molar refractivity (Wildman–Crippen MR) is 183 cm³/mol. The number of fused-ring (bicyclic) bond motifs is 3. The summed E-state index contributed by atoms with van der Waals surface area (Å²) >= 11 is 3.38. The Morgan fingerprint density at radius 3 is 2.37 bits per heavy atom. The fourth-order valence-corrected chi connectivity index (χ4v) is 6.24. The molecule has 43 heavy (non-hydrogen) atoms. The van der Waals surface area contributed by atoms with Crippen LogP contribution < -0.4 is 4.90 Å². The zero-order valence-electron chi connectivity index (χ0n) is 23.7. The van der Waals surface area contributed by atoms with E-state index >= 15 is 0 Å². The van der Waals surface area contributed by atoms with Gasteiger partial charge in [-0.05, 0) is 78.7 Å². The minimum atomic E-state index is 0.141. The Kier molecular flexibility index (Phi) is 7.17. The van der Waals surface area contributed by atoms with Crippen LogP contribution in [-0.4, -0.2) is 15.9 Å². The zero-order valence-corrected chi connectivity index (χ0v) is 25.3. The van der Waals surface area contributed by atoms with E-state index in [0.29, 0.717) is 11.6 Å². The number of hydrogen-bond donors (Lipinski definition) is 1. The lowest BCUT2D eigenvalue weighted by Gasteiger charge is -2.32. The van der Waals surface area contributed by atoms with Crippen LogP contribution in [0.3, 0.4) is 0 Å². The molecule has 4 nitrogen and oxygen atoms in total. The normalized spacial score (nSPS) is 14.9. The van der Waals surface area contributed by atoms with Crippen molar-refractivity contribution >= 4 is 61.0 Å². The SMILES string of the molecule is CC1CC=CC=C1N(c1ccccc1)c1ccc2c3ccccc3n(-c3ccc(/C=N/c4ccc(Br)cc4O)cc3)c2c1. The van der Waals surface area contributed by atoms with Crippen molar-refractivity contribution in [1.82, 2.24) is 4.57 Å². The third-order valence-corrected chi connectivity index (χ3v) is 8.52. The molecule has 1 N–H and O–H groups in total. The second-order valence-electron chi connectivity index (χ2n) is 10.9. The van der Waals surface area contributed by atoms with E-state index in [0.717, 1.165) is 44.6 Å². The summed E-state index contributed by atoms with van der Waals surface area (Å²) in [5, 5.41) is 12.7. The molecule has 1 heterocycles. The van der Waals surface area contributed by atoms with Gasteiger partial charge in [0.2, 0.25) is 0 Å². The molecule has 0 bridgehead atoms. The van der Waals surface area contributed by atoms with Gasteiger partial charge in [0, 0.05) is 50.1 Å². The standard InChI is InChI=1S/C38H30BrN3O/c1-26-9-5-7-13-35(26)41(29-10-3-2-4-11-29)31-20-21-33-32-12-6-8-14-36(32)42(37(33)24-31)30-18-15-27(16-19-30)25-40-34-22-17-28(39)23-38(34)43/h2-8,10-26,43H,9H2,1H3/b40-25+. The van der Waals surface area contributed by atoms with Crippen LogP contribution in [0.1, 0.15) is 18.9 Å². The van der Waals surface area contributed by atoms with Gasteiger partial charge in [-0.25, -0.2) is 0 Å². The van der Waals surface area contributed by atoms with Crippen molar-refractivity contribution in [3.8, 4) is 11.4 Å². The van der Waals surface area contributed by atoms with Crippen LogP contribution in [0, 0.1) is 5.92 Å². The van der Waals surface area contributed by atoms with Gasteiger partial charge in [-0.15, -0.1) is 0 Å². The number of anilines is 2. The van der Waals surface area contributed by atoms with Gasteiger partial charge in [0.05, 0.1) is 11.0 Å². The number of allylic oxidation sites excluding steroid dienone is 4. The van der Waals surface area contributed by atoms with Gasteiger partial charge >= 0.3 is 0 Å². The van der Waals surface area contributed by atoms with Crippen LogP contribution in [0.25, 0.3) is 27.5 Å². The highest BCUT2D eigenvalue weighted by atomic mass is 79.9. The molecule has 5 heteroatoms. The Labute approximate surface area is 259 Å². The first-order chi connectivity index (χ1) is 21.1. The number of hydrogen-bond acceptors (Lipinski definition) is 3. The van der Waals surface area contributed by atoms with Crippen LogP contribution in [0.5, 0.6) is 5.75 Å². The summed E-state index contributed by atoms with van der Waals surface area (Å²) in [7, 11) is 0. The molecule has 0 aliphatic heterocycles. The maximum absolute atomic E-state index is 10.2. The van der Waals surface area contributed by atoms with E-state index in [2.05, 4.69) is 153 Å². The molecule has 0 spiro atoms. The third kappa shape index (κ3) is 5.17. The second kappa shape index (κ2) is 11.4. The number of phenolic OH excluding ortho intramolecular Hbond substituents is 1. The number of nitrogens with zero attached hydrogens (tertiary/aromatic N) is 3. The summed E-state index contributed by atoms with van der Waals surface area (Å²) in [4.78, 5) is 6.90. The molecule has 1 atom stereocenters. The number of benzene rings is 5. The lowest BCUT2D eigenvalue weighted by atomic mass is 9.96. The third-order valence-electron chi connectivity index (χ3n) is 8.03. The highest BCUT2D eigenvalue weighted by Gasteiger charge is 2.22. The Morgan fingerprint density at radius 1 is 0.814 bits per heavy atom. The van der Waals surface area contributed by atoms with E-state index in [1.807, 2.05) is 6.07 Å². The lowest BCUT2D eigenvalue weighted by Crippen LogP contribution is -2.22. The van der Waals surface area contributed by atoms with Gasteiger partial charge in [-0.3, -0.25) is 4.99 Å². The van der Waals surface area contributed by atoms with Crippen molar-refractivity contribution in [3.05, 3.63) is 149 Å². The summed E-state index contributed by atoms with van der Waals surface area (Å²) in [6, 6.07) is 39.7. The molecular formula is C38H30BrN3O. The summed E-state index contributed by atoms with van der Waals surface area (Å²) in [5.41, 5.74) is 8.45. The van der Waals surface area contributed by atoms with E-state index in [-0.39, 0.29) is 5.75 Å². The summed E-state index contributed by atoms with van der Waals surface area (Å²) in [6.07, 6.45) is 9.46. The Bertz CT molecular complexity index is 2040. The zero-order chi connectivity index (χ0) is 29.3. The number of halogens is 1. The first kappa shape index (κ1) is 27.0. The van der Waals surface area contributed by atoms with Crippen molar-refractivity contribution in [2.24, 2.45) is 10.9 Å². The van der Waals surface area contributed by atoms with Crippen LogP contribution in [0.4, 0.5) is 17.1 Å². The number of phenols is 1. The summed E-state index contributed by atoms with van der Waals surface area (Å²) in [6.45, 7) is 2.30. The molecule has 1 unspecified atom stereocenters. The fraction of sp³-hybridized carbons (Fsp3) is 0.0789. The molecule has 0 saturated carbocycles. The Balaban J connectivity index is 1.34. The molecule has 0 fully saturated rings. The van der Waals surface area contributed by atoms with Crippen molar-refractivity contribution in [3.63, 3.8) is 0 Å². The van der Waals surface area contributed by atoms with E-state index in [4.69, 9.17) is 0 Å². The second-order valence-corrected chi connectivity index (χ2v) is 11.8. The predicted octanol–water partition coefficient (Wildman–Crippen LogP) is 10.6. The van der Waals surface area contributed by atoms with Gasteiger partial charge in [0.25, 0.3) is 0 Å². The van der Waals surface area contributed by atoms with Crippen molar-refractivity contribution in [1.29, 1.82) is 0 Å². The molecule has 210 valence electrons. The smallest absolute Gasteiger partial charge is 0.142 e. The molecule has 0 radical (unpaired) electrons. The minimum Gasteiger partial charge on any atom is -0.506 e. The average Bonchev–Trinajstić information content (AvgIpc) is 3.36. The lowest BCUT2D eigenvalue weighted by molar-refractivity contribution is 0.476. The van der Waals surface area contributed by atoms with Gasteiger partial charge in [0.15, 0.2) is 0 Å². The van der Waals surface area contributed by atoms with Gasteiger partial charge in [-0.2, -0.15) is 0 Å². The molecule has 1 aliphatic carbocycles. The van der Waals surface area contributed by atoms with Crippen molar-refractivity contribution in [2.75, 3.05) is 4.90 Å². The molecular weight excluding hydrogens is 594 g/mol. The van der Waals surface area contributed by atoms with Gasteiger partial charge < -0.3 is 14.6 Å². The summed E-state index contributed by atoms with van der Waals surface area (Å²) in [5.74, 6) is 0.544. The summed E-state index contributed by atoms with van der Waals surface area (Å²) < 4.78 is 3.16. The van der Waals surface area contributed by atoms with Crippen LogP contribution >= 0.6 is 15.9 Å². The van der Waals surface area contributed by atoms with Crippen molar-refractivity contribution < 1.29 is 5.11 Å². The first-order valence-electron chi connectivity index (χ1n) is 14.4. The highest BCUT2D eigenvalue weighted by molar-refractivity contribution is 9.10. The van der Waals surface area contributed by atoms with E-state index in [9.17, 15) is 5.11 Å². The van der Waals surface area contributed by atoms with Crippen LogP contribution in [-0.2, 0) is 0 Å². The highest BCUT2D eigenvalue weighted by Crippen LogP contribution is 2.40. The van der Waals surface area contributed by atoms with Gasteiger partial charge in [0.1, 0.15) is 11.4 Å². The van der Waals surface area contributed by atoms with E-state index < -0.39 is 0 Å². The average molecular weight is 625 g/mol. The molecule has 5 aromatic carbocycles. The quantitative estimate of drug-likeness (QED) is 0.187. The Hall–Kier alpha value is -4.87. The topological polar surface area (TPSA) is 40.8 Å². The fourth-order valence-electron chi connectivity index (χ4n) is 5.89. The van der Waals surface area contributed by atoms with E-state index in [1.165, 1.54) is 16.5 Å². The molecule has 7 rings (SSSR count). The number of aromatic nitrogens is 1. The monoisotopic (exact) mass is 623 g/mol. The first-order valence-corrected chi connectivity index (χ1v) is 15.2. The number of rotatable bonds is 6. The van der Waals surface area contributed by atoms with Gasteiger partial charge in [-0.1, -0.05) is 89.6 Å². The molecule has 1 aliphatic rings. The molecule has 0 amide bonds. The maximum atomic E-state index is 10.2. The maximum Gasteiger partial charge on any atom is 0.142 e. The van der Waals surface area contributed by atoms with E-state index in [1.54, 1.807) is 18.3 Å². The number of para-hydroxylation sites is 2. The minimum absolute atomic E-state index is 0.141. The molecule has 0 saturated heterocycles. The van der Waals surface area contributed by atoms with Crippen molar-refractivity contribution in [2.45, 2.75) is 13.3 Å².